The standard InChI is InChI=1S/C29H25ClN2O4S/c1-4-36-21-12-9-19(10-13-21)26(33)24-25(18-7-5-17(6-8-18)16(2)3)32(28(35)27(24)34)29-31-22-14-11-20(30)15-23(22)37-29/h5-16,25,33H,4H2,1-3H3/b26-24+. The molecule has 4 aromatic rings. The minimum absolute atomic E-state index is 0.0174. The number of halogens is 1. The molecular weight excluding hydrogens is 508 g/mol. The predicted octanol–water partition coefficient (Wildman–Crippen LogP) is 7.10. The largest absolute Gasteiger partial charge is 0.507 e. The molecule has 1 saturated heterocycles. The maximum absolute atomic E-state index is 13.4. The highest BCUT2D eigenvalue weighted by Crippen LogP contribution is 2.44. The number of ether oxygens (including phenoxy) is 1. The van der Waals surface area contributed by atoms with Gasteiger partial charge in [0.1, 0.15) is 11.5 Å². The fourth-order valence-corrected chi connectivity index (χ4v) is 5.70. The number of Topliss-reactive ketones (excluding diaryl/α,β-unsaturated/α-hetero) is 1. The van der Waals surface area contributed by atoms with Gasteiger partial charge in [0, 0.05) is 10.6 Å². The number of hydrogen-bond acceptors (Lipinski definition) is 6. The number of nitrogens with zero attached hydrogens (tertiary/aromatic N) is 2. The maximum atomic E-state index is 13.4. The van der Waals surface area contributed by atoms with E-state index in [4.69, 9.17) is 16.3 Å². The van der Waals surface area contributed by atoms with Gasteiger partial charge in [-0.2, -0.15) is 0 Å². The van der Waals surface area contributed by atoms with Gasteiger partial charge >= 0.3 is 5.91 Å². The third kappa shape index (κ3) is 4.61. The van der Waals surface area contributed by atoms with Gasteiger partial charge < -0.3 is 9.84 Å². The van der Waals surface area contributed by atoms with E-state index in [1.165, 1.54) is 16.2 Å². The molecule has 0 saturated carbocycles. The minimum Gasteiger partial charge on any atom is -0.507 e. The number of amides is 1. The Morgan fingerprint density at radius 1 is 1.08 bits per heavy atom. The van der Waals surface area contributed by atoms with Gasteiger partial charge in [-0.1, -0.05) is 61.1 Å². The van der Waals surface area contributed by atoms with Crippen LogP contribution >= 0.6 is 22.9 Å². The number of thiazole rings is 1. The van der Waals surface area contributed by atoms with Gasteiger partial charge in [0.2, 0.25) is 0 Å². The quantitative estimate of drug-likeness (QED) is 0.163. The van der Waals surface area contributed by atoms with Crippen LogP contribution < -0.4 is 9.64 Å². The second-order valence-electron chi connectivity index (χ2n) is 9.06. The van der Waals surface area contributed by atoms with E-state index in [1.807, 2.05) is 31.2 Å². The molecule has 37 heavy (non-hydrogen) atoms. The lowest BCUT2D eigenvalue weighted by Crippen LogP contribution is -2.29. The highest BCUT2D eigenvalue weighted by atomic mass is 35.5. The zero-order valence-corrected chi connectivity index (χ0v) is 22.1. The summed E-state index contributed by atoms with van der Waals surface area (Å²) in [5.41, 5.74) is 2.94. The molecule has 188 valence electrons. The van der Waals surface area contributed by atoms with Crippen molar-refractivity contribution in [3.8, 4) is 5.75 Å². The fourth-order valence-electron chi connectivity index (χ4n) is 4.43. The molecule has 0 bridgehead atoms. The van der Waals surface area contributed by atoms with Crippen LogP contribution in [0.2, 0.25) is 5.02 Å². The molecule has 2 heterocycles. The lowest BCUT2D eigenvalue weighted by Gasteiger charge is -2.23. The summed E-state index contributed by atoms with van der Waals surface area (Å²) in [6.45, 7) is 6.59. The second kappa shape index (κ2) is 10.00. The second-order valence-corrected chi connectivity index (χ2v) is 10.5. The first-order valence-electron chi connectivity index (χ1n) is 12.0. The van der Waals surface area contributed by atoms with Gasteiger partial charge in [0.15, 0.2) is 5.13 Å². The van der Waals surface area contributed by atoms with E-state index in [9.17, 15) is 14.7 Å². The lowest BCUT2D eigenvalue weighted by atomic mass is 9.93. The average molecular weight is 533 g/mol. The molecule has 1 aliphatic rings. The molecule has 6 nitrogen and oxygen atoms in total. The highest BCUT2D eigenvalue weighted by molar-refractivity contribution is 7.22. The number of aliphatic hydroxyl groups is 1. The molecule has 1 atom stereocenters. The first kappa shape index (κ1) is 25.0. The Morgan fingerprint density at radius 2 is 1.78 bits per heavy atom. The van der Waals surface area contributed by atoms with Crippen LogP contribution in [-0.2, 0) is 9.59 Å². The Bertz CT molecular complexity index is 1520. The predicted molar refractivity (Wildman–Crippen MR) is 148 cm³/mol. The summed E-state index contributed by atoms with van der Waals surface area (Å²) in [7, 11) is 0. The van der Waals surface area contributed by atoms with Gasteiger partial charge in [-0.3, -0.25) is 14.5 Å². The molecule has 1 aromatic heterocycles. The number of aromatic nitrogens is 1. The van der Waals surface area contributed by atoms with Gasteiger partial charge in [-0.25, -0.2) is 4.98 Å². The minimum atomic E-state index is -0.844. The summed E-state index contributed by atoms with van der Waals surface area (Å²) in [6.07, 6.45) is 0. The molecule has 1 unspecified atom stereocenters. The van der Waals surface area contributed by atoms with E-state index in [2.05, 4.69) is 18.8 Å². The molecule has 1 aliphatic heterocycles. The van der Waals surface area contributed by atoms with Crippen molar-refractivity contribution in [3.05, 3.63) is 94.0 Å². The Kier molecular flexibility index (Phi) is 6.75. The number of rotatable bonds is 6. The van der Waals surface area contributed by atoms with Crippen LogP contribution in [0.15, 0.2) is 72.3 Å². The number of hydrogen-bond donors (Lipinski definition) is 1. The van der Waals surface area contributed by atoms with Crippen molar-refractivity contribution in [3.63, 3.8) is 0 Å². The van der Waals surface area contributed by atoms with E-state index >= 15 is 0 Å². The number of aliphatic hydroxyl groups excluding tert-OH is 1. The number of benzene rings is 3. The summed E-state index contributed by atoms with van der Waals surface area (Å²) in [5.74, 6) is -0.782. The Labute approximate surface area is 223 Å². The SMILES string of the molecule is CCOc1ccc(/C(O)=C2\C(=O)C(=O)N(c3nc4ccc(Cl)cc4s3)C2c2ccc(C(C)C)cc2)cc1. The average Bonchev–Trinajstić information content (AvgIpc) is 3.42. The first-order valence-corrected chi connectivity index (χ1v) is 13.2. The smallest absolute Gasteiger partial charge is 0.301 e. The summed E-state index contributed by atoms with van der Waals surface area (Å²) >= 11 is 7.44. The fraction of sp³-hybridized carbons (Fsp3) is 0.207. The van der Waals surface area contributed by atoms with Crippen LogP contribution in [0.5, 0.6) is 5.75 Å². The third-order valence-corrected chi connectivity index (χ3v) is 7.60. The monoisotopic (exact) mass is 532 g/mol. The molecule has 5 rings (SSSR count). The number of anilines is 1. The van der Waals surface area contributed by atoms with Gasteiger partial charge in [-0.05, 0) is 66.4 Å². The summed E-state index contributed by atoms with van der Waals surface area (Å²) < 4.78 is 6.29. The van der Waals surface area contributed by atoms with Crippen molar-refractivity contribution in [2.45, 2.75) is 32.7 Å². The molecule has 0 aliphatic carbocycles. The van der Waals surface area contributed by atoms with Gasteiger partial charge in [-0.15, -0.1) is 0 Å². The number of carbonyl (C=O) groups is 2. The topological polar surface area (TPSA) is 79.7 Å². The number of ketones is 1. The summed E-state index contributed by atoms with van der Waals surface area (Å²) in [4.78, 5) is 32.9. The molecule has 8 heteroatoms. The zero-order chi connectivity index (χ0) is 26.3. The van der Waals surface area contributed by atoms with Crippen LogP contribution in [0.3, 0.4) is 0 Å². The van der Waals surface area contributed by atoms with Gasteiger partial charge in [0.05, 0.1) is 28.4 Å². The van der Waals surface area contributed by atoms with Crippen molar-refractivity contribution in [2.24, 2.45) is 0 Å². The number of carbonyl (C=O) groups excluding carboxylic acids is 2. The Morgan fingerprint density at radius 3 is 2.43 bits per heavy atom. The molecule has 1 amide bonds. The van der Waals surface area contributed by atoms with E-state index in [1.54, 1.807) is 42.5 Å². The molecule has 0 radical (unpaired) electrons. The van der Waals surface area contributed by atoms with E-state index in [0.717, 1.165) is 10.3 Å². The molecular formula is C29H25ClN2O4S. The van der Waals surface area contributed by atoms with Crippen LogP contribution in [0, 0.1) is 0 Å². The van der Waals surface area contributed by atoms with Crippen molar-refractivity contribution in [2.75, 3.05) is 11.5 Å². The van der Waals surface area contributed by atoms with Crippen molar-refractivity contribution < 1.29 is 19.4 Å². The summed E-state index contributed by atoms with van der Waals surface area (Å²) in [5, 5.41) is 12.3. The van der Waals surface area contributed by atoms with Crippen molar-refractivity contribution >= 4 is 55.7 Å². The van der Waals surface area contributed by atoms with E-state index < -0.39 is 17.7 Å². The van der Waals surface area contributed by atoms with Crippen LogP contribution in [-0.4, -0.2) is 28.4 Å². The molecule has 0 spiro atoms. The Balaban J connectivity index is 1.68. The van der Waals surface area contributed by atoms with Crippen LogP contribution in [0.4, 0.5) is 5.13 Å². The third-order valence-electron chi connectivity index (χ3n) is 6.35. The molecule has 3 aromatic carbocycles. The maximum Gasteiger partial charge on any atom is 0.301 e. The van der Waals surface area contributed by atoms with E-state index in [-0.39, 0.29) is 11.3 Å². The van der Waals surface area contributed by atoms with Crippen molar-refractivity contribution in [1.29, 1.82) is 0 Å². The van der Waals surface area contributed by atoms with Crippen molar-refractivity contribution in [1.82, 2.24) is 4.98 Å². The Hall–Kier alpha value is -3.68. The van der Waals surface area contributed by atoms with Crippen LogP contribution in [0.1, 0.15) is 49.4 Å². The summed E-state index contributed by atoms with van der Waals surface area (Å²) in [6, 6.07) is 19.0. The number of fused-ring (bicyclic) bond motifs is 1. The lowest BCUT2D eigenvalue weighted by molar-refractivity contribution is -0.132. The van der Waals surface area contributed by atoms with E-state index in [0.29, 0.717) is 45.1 Å². The van der Waals surface area contributed by atoms with Crippen LogP contribution in [0.25, 0.3) is 16.0 Å². The highest BCUT2D eigenvalue weighted by Gasteiger charge is 2.48. The molecule has 1 fully saturated rings. The normalized spacial score (nSPS) is 17.2. The first-order chi connectivity index (χ1) is 17.8. The zero-order valence-electron chi connectivity index (χ0n) is 20.6. The van der Waals surface area contributed by atoms with Gasteiger partial charge in [0.25, 0.3) is 5.78 Å². The molecule has 1 N–H and O–H groups in total.